The average molecular weight is 603 g/mol. The first-order chi connectivity index (χ1) is 21.1. The second kappa shape index (κ2) is 14.6. The molecule has 0 fully saturated rings. The Morgan fingerprint density at radius 2 is 1.48 bits per heavy atom. The van der Waals surface area contributed by atoms with Crippen molar-refractivity contribution in [2.75, 3.05) is 6.54 Å². The molecule has 0 aliphatic heterocycles. The summed E-state index contributed by atoms with van der Waals surface area (Å²) >= 11 is 0. The van der Waals surface area contributed by atoms with Gasteiger partial charge in [-0.1, -0.05) is 95.3 Å². The van der Waals surface area contributed by atoms with Gasteiger partial charge in [0, 0.05) is 24.6 Å². The van der Waals surface area contributed by atoms with Crippen LogP contribution in [0.4, 0.5) is 13.2 Å². The number of benzene rings is 4. The Morgan fingerprint density at radius 1 is 0.864 bits per heavy atom. The van der Waals surface area contributed by atoms with E-state index in [0.29, 0.717) is 11.1 Å². The lowest BCUT2D eigenvalue weighted by Crippen LogP contribution is -2.36. The molecule has 0 aromatic heterocycles. The average Bonchev–Trinajstić information content (AvgIpc) is 3.00. The van der Waals surface area contributed by atoms with Gasteiger partial charge < -0.3 is 15.5 Å². The Bertz CT molecular complexity index is 1560. The fourth-order valence-electron chi connectivity index (χ4n) is 4.63. The number of rotatable bonds is 10. The molecule has 44 heavy (non-hydrogen) atoms. The first-order valence-electron chi connectivity index (χ1n) is 13.4. The van der Waals surface area contributed by atoms with Gasteiger partial charge in [0.1, 0.15) is 5.75 Å². The maximum Gasteiger partial charge on any atom is 0.573 e. The van der Waals surface area contributed by atoms with Crippen LogP contribution < -0.4 is 15.9 Å². The van der Waals surface area contributed by atoms with Gasteiger partial charge >= 0.3 is 6.36 Å². The van der Waals surface area contributed by atoms with Crippen LogP contribution in [0.3, 0.4) is 0 Å². The monoisotopic (exact) mass is 602 g/mol. The predicted molar refractivity (Wildman–Crippen MR) is 158 cm³/mol. The van der Waals surface area contributed by atoms with Crippen LogP contribution in [0.2, 0.25) is 0 Å². The van der Waals surface area contributed by atoms with E-state index in [-0.39, 0.29) is 36.9 Å². The molecule has 4 aromatic rings. The fraction of sp³-hybridized carbons (Fsp3) is 0.156. The molecule has 9 nitrogen and oxygen atoms in total. The number of carbonyl (C=O) groups is 2. The van der Waals surface area contributed by atoms with E-state index in [1.165, 1.54) is 18.2 Å². The summed E-state index contributed by atoms with van der Waals surface area (Å²) in [6, 6.07) is 31.2. The zero-order valence-electron chi connectivity index (χ0n) is 23.4. The molecule has 0 unspecified atom stereocenters. The lowest BCUT2D eigenvalue weighted by molar-refractivity contribution is -0.274. The van der Waals surface area contributed by atoms with Gasteiger partial charge in [0.25, 0.3) is 5.91 Å². The highest BCUT2D eigenvalue weighted by atomic mass is 19.4. The third-order valence-electron chi connectivity index (χ3n) is 6.63. The maximum atomic E-state index is 13.8. The first kappa shape index (κ1) is 31.4. The van der Waals surface area contributed by atoms with Crippen molar-refractivity contribution in [3.05, 3.63) is 137 Å². The van der Waals surface area contributed by atoms with Crippen LogP contribution in [0.5, 0.6) is 5.75 Å². The highest BCUT2D eigenvalue weighted by Crippen LogP contribution is 2.28. The van der Waals surface area contributed by atoms with Crippen molar-refractivity contribution in [2.24, 2.45) is 16.2 Å². The highest BCUT2D eigenvalue weighted by molar-refractivity contribution is 6.04. The van der Waals surface area contributed by atoms with Crippen LogP contribution >= 0.6 is 0 Å². The number of nitrogens with two attached hydrogens (primary N) is 1. The largest absolute Gasteiger partial charge is 0.573 e. The number of alkyl halides is 3. The number of carbonyl (C=O) groups excluding carboxylic acids is 2. The zero-order chi connectivity index (χ0) is 31.5. The molecule has 0 atom stereocenters. The molecule has 0 bridgehead atoms. The van der Waals surface area contributed by atoms with E-state index in [1.807, 2.05) is 60.7 Å². The maximum absolute atomic E-state index is 13.8. The van der Waals surface area contributed by atoms with Crippen molar-refractivity contribution in [3.8, 4) is 5.75 Å². The summed E-state index contributed by atoms with van der Waals surface area (Å²) in [4.78, 5) is 27.9. The minimum Gasteiger partial charge on any atom is -0.406 e. The van der Waals surface area contributed by atoms with Gasteiger partial charge in [0.2, 0.25) is 11.9 Å². The quantitative estimate of drug-likeness (QED) is 0.0677. The molecule has 4 rings (SSSR count). The Balaban J connectivity index is 1.62. The van der Waals surface area contributed by atoms with Gasteiger partial charge in [-0.3, -0.25) is 20.3 Å². The molecular weight excluding hydrogens is 573 g/mol. The molecule has 0 aliphatic rings. The van der Waals surface area contributed by atoms with Crippen molar-refractivity contribution < 1.29 is 27.5 Å². The lowest BCUT2D eigenvalue weighted by Gasteiger charge is -2.29. The molecule has 4 N–H and O–H groups in total. The third-order valence-corrected chi connectivity index (χ3v) is 6.63. The molecule has 12 heteroatoms. The smallest absolute Gasteiger partial charge is 0.406 e. The van der Waals surface area contributed by atoms with Crippen molar-refractivity contribution >= 4 is 17.8 Å². The van der Waals surface area contributed by atoms with Crippen LogP contribution in [0.25, 0.3) is 0 Å². The SMILES string of the molecule is N=C(/N=N\N)NC(=O)c1ccc(CN(CC(c2ccccc2)c2ccccc2)C(=O)Cc2cccc(OC(F)(F)F)c2)cc1. The Labute approximate surface area is 251 Å². The van der Waals surface area contributed by atoms with Gasteiger partial charge in [-0.2, -0.15) is 0 Å². The van der Waals surface area contributed by atoms with Crippen molar-refractivity contribution in [3.63, 3.8) is 0 Å². The number of nitrogens with one attached hydrogen (secondary N) is 2. The second-order valence-corrected chi connectivity index (χ2v) is 9.74. The second-order valence-electron chi connectivity index (χ2n) is 9.74. The van der Waals surface area contributed by atoms with E-state index < -0.39 is 24.0 Å². The van der Waals surface area contributed by atoms with E-state index in [1.54, 1.807) is 35.2 Å². The summed E-state index contributed by atoms with van der Waals surface area (Å²) in [6.07, 6.45) is -5.02. The number of hydrogen-bond acceptors (Lipinski definition) is 5. The van der Waals surface area contributed by atoms with Crippen molar-refractivity contribution in [1.29, 1.82) is 5.41 Å². The molecule has 0 spiro atoms. The normalized spacial score (nSPS) is 11.4. The van der Waals surface area contributed by atoms with Gasteiger partial charge in [-0.25, -0.2) is 0 Å². The number of ether oxygens (including phenoxy) is 1. The molecule has 0 radical (unpaired) electrons. The van der Waals surface area contributed by atoms with Gasteiger partial charge in [-0.15, -0.1) is 13.2 Å². The minimum atomic E-state index is -4.86. The summed E-state index contributed by atoms with van der Waals surface area (Å²) in [6.45, 7) is 0.432. The Hall–Kier alpha value is -5.52. The molecule has 2 amide bonds. The number of amides is 2. The third kappa shape index (κ3) is 9.24. The molecular formula is C32H29F3N6O3. The van der Waals surface area contributed by atoms with Gasteiger partial charge in [0.15, 0.2) is 0 Å². The van der Waals surface area contributed by atoms with E-state index in [0.717, 1.165) is 11.1 Å². The molecule has 4 aromatic carbocycles. The van der Waals surface area contributed by atoms with Crippen molar-refractivity contribution in [1.82, 2.24) is 10.2 Å². The van der Waals surface area contributed by atoms with E-state index in [9.17, 15) is 22.8 Å². The molecule has 0 saturated carbocycles. The molecule has 226 valence electrons. The highest BCUT2D eigenvalue weighted by Gasteiger charge is 2.31. The Morgan fingerprint density at radius 3 is 2.05 bits per heavy atom. The summed E-state index contributed by atoms with van der Waals surface area (Å²) in [5.41, 5.74) is 3.29. The lowest BCUT2D eigenvalue weighted by atomic mass is 9.90. The summed E-state index contributed by atoms with van der Waals surface area (Å²) < 4.78 is 42.4. The van der Waals surface area contributed by atoms with E-state index in [4.69, 9.17) is 11.3 Å². The van der Waals surface area contributed by atoms with Crippen LogP contribution in [0, 0.1) is 5.41 Å². The minimum absolute atomic E-state index is 0.160. The fourth-order valence-corrected chi connectivity index (χ4v) is 4.63. The Kier molecular flexibility index (Phi) is 10.4. The summed E-state index contributed by atoms with van der Waals surface area (Å²) in [5.74, 6) is 2.88. The first-order valence-corrected chi connectivity index (χ1v) is 13.4. The van der Waals surface area contributed by atoms with Gasteiger partial charge in [0.05, 0.1) is 6.42 Å². The number of hydrogen-bond donors (Lipinski definition) is 3. The van der Waals surface area contributed by atoms with E-state index in [2.05, 4.69) is 20.4 Å². The molecule has 0 saturated heterocycles. The number of halogens is 3. The number of nitrogens with zero attached hydrogens (tertiary/aromatic N) is 3. The number of guanidine groups is 1. The topological polar surface area (TPSA) is 133 Å². The van der Waals surface area contributed by atoms with Crippen LogP contribution in [-0.2, 0) is 17.8 Å². The van der Waals surface area contributed by atoms with Crippen LogP contribution in [-0.4, -0.2) is 35.6 Å². The summed E-state index contributed by atoms with van der Waals surface area (Å²) in [5, 5.41) is 16.0. The van der Waals surface area contributed by atoms with Gasteiger partial charge in [-0.05, 0) is 46.5 Å². The molecule has 0 aliphatic carbocycles. The van der Waals surface area contributed by atoms with Crippen LogP contribution in [0.15, 0.2) is 120 Å². The van der Waals surface area contributed by atoms with E-state index >= 15 is 0 Å². The summed E-state index contributed by atoms with van der Waals surface area (Å²) in [7, 11) is 0. The predicted octanol–water partition coefficient (Wildman–Crippen LogP) is 5.98. The standard InChI is InChI=1S/C32H29F3N6O3/c33-32(34,35)44-27-13-7-8-23(18-27)19-29(42)41(20-22-14-16-26(17-15-22)30(43)38-31(36)39-40-37)21-28(24-9-3-1-4-10-24)25-11-5-2-6-12-25/h1-18,28H,19-21H2,(H4,36,37,38,39,43). The zero-order valence-corrected chi connectivity index (χ0v) is 23.4. The van der Waals surface area contributed by atoms with Crippen LogP contribution in [0.1, 0.15) is 38.5 Å². The van der Waals surface area contributed by atoms with Crippen molar-refractivity contribution in [2.45, 2.75) is 25.2 Å². The molecule has 0 heterocycles.